The maximum atomic E-state index is 11.4. The van der Waals surface area contributed by atoms with Crippen LogP contribution in [0.5, 0.6) is 0 Å². The third-order valence-corrected chi connectivity index (χ3v) is 5.31. The van der Waals surface area contributed by atoms with Gasteiger partial charge in [0.1, 0.15) is 5.65 Å². The van der Waals surface area contributed by atoms with Crippen LogP contribution in [0.15, 0.2) is 67.0 Å². The van der Waals surface area contributed by atoms with E-state index in [4.69, 9.17) is 10.7 Å². The Bertz CT molecular complexity index is 1150. The number of hydrogen-bond donors (Lipinski definition) is 1. The fourth-order valence-corrected chi connectivity index (χ4v) is 3.77. The van der Waals surface area contributed by atoms with Gasteiger partial charge >= 0.3 is 0 Å². The lowest BCUT2D eigenvalue weighted by Gasteiger charge is -2.09. The van der Waals surface area contributed by atoms with Crippen LogP contribution in [0.25, 0.3) is 27.8 Å². The van der Waals surface area contributed by atoms with Crippen LogP contribution >= 0.6 is 22.6 Å². The van der Waals surface area contributed by atoms with Gasteiger partial charge in [0, 0.05) is 38.2 Å². The minimum Gasteiger partial charge on any atom is -0.366 e. The number of nitrogens with two attached hydrogens (primary N) is 1. The summed E-state index contributed by atoms with van der Waals surface area (Å²) < 4.78 is 3.25. The zero-order valence-electron chi connectivity index (χ0n) is 14.1. The van der Waals surface area contributed by atoms with Crippen molar-refractivity contribution in [1.29, 1.82) is 0 Å². The number of carbonyl (C=O) groups excluding carboxylic acids is 1. The molecule has 128 valence electrons. The molecule has 1 amide bonds. The molecular weight excluding hydrogens is 437 g/mol. The van der Waals surface area contributed by atoms with Crippen LogP contribution < -0.4 is 5.73 Å². The third-order valence-electron chi connectivity index (χ3n) is 4.45. The summed E-state index contributed by atoms with van der Waals surface area (Å²) in [4.78, 5) is 16.2. The lowest BCUT2D eigenvalue weighted by atomic mass is 10.0. The summed E-state index contributed by atoms with van der Waals surface area (Å²) in [6, 6.07) is 17.7. The molecule has 0 unspecified atom stereocenters. The van der Waals surface area contributed by atoms with E-state index in [0.29, 0.717) is 5.56 Å². The van der Waals surface area contributed by atoms with E-state index in [-0.39, 0.29) is 0 Å². The van der Waals surface area contributed by atoms with Gasteiger partial charge in [0.05, 0.1) is 0 Å². The van der Waals surface area contributed by atoms with Gasteiger partial charge in [-0.2, -0.15) is 0 Å². The molecule has 2 heterocycles. The Morgan fingerprint density at radius 3 is 2.65 bits per heavy atom. The molecule has 2 N–H and O–H groups in total. The largest absolute Gasteiger partial charge is 0.366 e. The maximum absolute atomic E-state index is 11.4. The number of amides is 1. The van der Waals surface area contributed by atoms with Gasteiger partial charge < -0.3 is 5.73 Å². The van der Waals surface area contributed by atoms with Gasteiger partial charge in [0.2, 0.25) is 5.91 Å². The first kappa shape index (κ1) is 16.8. The summed E-state index contributed by atoms with van der Waals surface area (Å²) in [5.41, 5.74) is 11.0. The van der Waals surface area contributed by atoms with Gasteiger partial charge in [0.15, 0.2) is 0 Å². The molecule has 4 rings (SSSR count). The maximum Gasteiger partial charge on any atom is 0.248 e. The topological polar surface area (TPSA) is 60.9 Å². The van der Waals surface area contributed by atoms with Crippen molar-refractivity contribution in [3.05, 3.63) is 81.7 Å². The molecule has 4 aromatic rings. The number of pyridine rings is 1. The Morgan fingerprint density at radius 1 is 1.08 bits per heavy atom. The molecule has 2 aromatic heterocycles. The molecule has 2 aromatic carbocycles. The van der Waals surface area contributed by atoms with Crippen molar-refractivity contribution in [2.24, 2.45) is 5.73 Å². The summed E-state index contributed by atoms with van der Waals surface area (Å²) in [5, 5.41) is 1.08. The highest BCUT2D eigenvalue weighted by molar-refractivity contribution is 14.1. The van der Waals surface area contributed by atoms with Crippen molar-refractivity contribution in [3.8, 4) is 16.8 Å². The Labute approximate surface area is 164 Å². The van der Waals surface area contributed by atoms with Gasteiger partial charge in [-0.1, -0.05) is 30.3 Å². The summed E-state index contributed by atoms with van der Waals surface area (Å²) in [5.74, 6) is -0.429. The minimum absolute atomic E-state index is 0.429. The van der Waals surface area contributed by atoms with E-state index >= 15 is 0 Å². The van der Waals surface area contributed by atoms with Crippen molar-refractivity contribution in [2.45, 2.75) is 6.92 Å². The average molecular weight is 453 g/mol. The predicted molar refractivity (Wildman–Crippen MR) is 112 cm³/mol. The number of nitrogens with zero attached hydrogens (tertiary/aromatic N) is 2. The molecular formula is C21H16IN3O. The molecule has 4 nitrogen and oxygen atoms in total. The Morgan fingerprint density at radius 2 is 1.88 bits per heavy atom. The highest BCUT2D eigenvalue weighted by Crippen LogP contribution is 2.30. The minimum atomic E-state index is -0.429. The third kappa shape index (κ3) is 2.88. The molecule has 0 spiro atoms. The van der Waals surface area contributed by atoms with Crippen LogP contribution in [0.2, 0.25) is 0 Å². The monoisotopic (exact) mass is 453 g/mol. The lowest BCUT2D eigenvalue weighted by molar-refractivity contribution is 0.100. The number of aromatic nitrogens is 2. The normalized spacial score (nSPS) is 11.0. The first-order valence-corrected chi connectivity index (χ1v) is 9.25. The van der Waals surface area contributed by atoms with Crippen molar-refractivity contribution in [1.82, 2.24) is 9.55 Å². The molecule has 5 heteroatoms. The Balaban J connectivity index is 1.87. The fourth-order valence-electron chi connectivity index (χ4n) is 3.10. The first-order chi connectivity index (χ1) is 12.5. The summed E-state index contributed by atoms with van der Waals surface area (Å²) in [7, 11) is 0. The summed E-state index contributed by atoms with van der Waals surface area (Å²) in [6.45, 7) is 2.09. The van der Waals surface area contributed by atoms with E-state index in [9.17, 15) is 4.79 Å². The second-order valence-electron chi connectivity index (χ2n) is 6.17. The summed E-state index contributed by atoms with van der Waals surface area (Å²) >= 11 is 2.34. The highest BCUT2D eigenvalue weighted by atomic mass is 127. The van der Waals surface area contributed by atoms with E-state index < -0.39 is 5.91 Å². The number of primary amides is 1. The zero-order valence-corrected chi connectivity index (χ0v) is 16.3. The Kier molecular flexibility index (Phi) is 4.24. The number of rotatable bonds is 3. The molecule has 0 saturated heterocycles. The highest BCUT2D eigenvalue weighted by Gasteiger charge is 2.13. The molecule has 26 heavy (non-hydrogen) atoms. The molecule has 0 bridgehead atoms. The second kappa shape index (κ2) is 6.57. The smallest absolute Gasteiger partial charge is 0.248 e. The lowest BCUT2D eigenvalue weighted by Crippen LogP contribution is -2.10. The van der Waals surface area contributed by atoms with E-state index in [1.807, 2.05) is 30.5 Å². The standard InChI is InChI=1S/C21H16IN3O/c1-13-5-2-3-8-19(13)25-12-18(22)17-10-16(11-24-21(17)25)14-6-4-7-15(9-14)20(23)26/h2-12H,1H3,(H2,23,26). The van der Waals surface area contributed by atoms with Crippen LogP contribution in [-0.2, 0) is 0 Å². The van der Waals surface area contributed by atoms with Crippen molar-refractivity contribution in [2.75, 3.05) is 0 Å². The SMILES string of the molecule is Cc1ccccc1-n1cc(I)c2cc(-c3cccc(C(N)=O)c3)cnc21. The van der Waals surface area contributed by atoms with Crippen molar-refractivity contribution >= 4 is 39.5 Å². The molecule has 0 saturated carbocycles. The second-order valence-corrected chi connectivity index (χ2v) is 7.34. The van der Waals surface area contributed by atoms with Gasteiger partial charge in [-0.25, -0.2) is 4.98 Å². The molecule has 0 aliphatic rings. The number of halogens is 1. The quantitative estimate of drug-likeness (QED) is 0.457. The van der Waals surface area contributed by atoms with Gasteiger partial charge in [-0.3, -0.25) is 9.36 Å². The number of fused-ring (bicyclic) bond motifs is 1. The van der Waals surface area contributed by atoms with Crippen LogP contribution in [0.1, 0.15) is 15.9 Å². The number of carbonyl (C=O) groups is 1. The predicted octanol–water partition coefficient (Wildman–Crippen LogP) is 4.70. The van der Waals surface area contributed by atoms with Crippen molar-refractivity contribution in [3.63, 3.8) is 0 Å². The van der Waals surface area contributed by atoms with Crippen LogP contribution in [-0.4, -0.2) is 15.5 Å². The van der Waals surface area contributed by atoms with Gasteiger partial charge in [-0.05, 0) is 64.9 Å². The number of aryl methyl sites for hydroxylation is 1. The van der Waals surface area contributed by atoms with E-state index in [0.717, 1.165) is 31.4 Å². The molecule has 0 aliphatic carbocycles. The van der Waals surface area contributed by atoms with Crippen LogP contribution in [0.4, 0.5) is 0 Å². The number of hydrogen-bond acceptors (Lipinski definition) is 2. The molecule has 0 atom stereocenters. The fraction of sp³-hybridized carbons (Fsp3) is 0.0476. The molecule has 0 fully saturated rings. The van der Waals surface area contributed by atoms with Crippen molar-refractivity contribution < 1.29 is 4.79 Å². The molecule has 0 radical (unpaired) electrons. The number of para-hydroxylation sites is 1. The van der Waals surface area contributed by atoms with E-state index in [1.165, 1.54) is 5.56 Å². The summed E-state index contributed by atoms with van der Waals surface area (Å²) in [6.07, 6.45) is 3.94. The number of benzene rings is 2. The van der Waals surface area contributed by atoms with E-state index in [1.54, 1.807) is 12.1 Å². The van der Waals surface area contributed by atoms with Gasteiger partial charge in [-0.15, -0.1) is 0 Å². The van der Waals surface area contributed by atoms with Crippen LogP contribution in [0, 0.1) is 10.5 Å². The van der Waals surface area contributed by atoms with Gasteiger partial charge in [0.25, 0.3) is 0 Å². The molecule has 0 aliphatic heterocycles. The Hall–Kier alpha value is -2.67. The zero-order chi connectivity index (χ0) is 18.3. The van der Waals surface area contributed by atoms with Crippen LogP contribution in [0.3, 0.4) is 0 Å². The average Bonchev–Trinajstić information content (AvgIpc) is 2.98. The van der Waals surface area contributed by atoms with E-state index in [2.05, 4.69) is 58.5 Å². The first-order valence-electron chi connectivity index (χ1n) is 8.17.